The molecule has 2 rings (SSSR count). The molecule has 0 spiro atoms. The first-order valence-electron chi connectivity index (χ1n) is 8.07. The number of benzene rings is 2. The maximum absolute atomic E-state index is 12.4. The summed E-state index contributed by atoms with van der Waals surface area (Å²) in [6.07, 6.45) is 1.32. The Morgan fingerprint density at radius 3 is 2.17 bits per heavy atom. The van der Waals surface area contributed by atoms with Gasteiger partial charge in [0.05, 0.1) is 10.5 Å². The highest BCUT2D eigenvalue weighted by molar-refractivity contribution is 5.89. The summed E-state index contributed by atoms with van der Waals surface area (Å²) >= 11 is 0. The predicted octanol–water partition coefficient (Wildman–Crippen LogP) is 4.72. The maximum Gasteiger partial charge on any atom is 0.338 e. The number of nitro groups is 1. The van der Waals surface area contributed by atoms with Crippen LogP contribution in [0.3, 0.4) is 0 Å². The number of hydrogen-bond donors (Lipinski definition) is 0. The van der Waals surface area contributed by atoms with Crippen LogP contribution in [-0.4, -0.2) is 17.0 Å². The summed E-state index contributed by atoms with van der Waals surface area (Å²) < 4.78 is 5.68. The van der Waals surface area contributed by atoms with E-state index in [-0.39, 0.29) is 17.7 Å². The fourth-order valence-electron chi connectivity index (χ4n) is 2.79. The highest BCUT2D eigenvalue weighted by Gasteiger charge is 2.24. The zero-order valence-corrected chi connectivity index (χ0v) is 13.8. The van der Waals surface area contributed by atoms with Crippen molar-refractivity contribution in [2.24, 2.45) is 0 Å². The Labute approximate surface area is 141 Å². The fourth-order valence-corrected chi connectivity index (χ4v) is 2.79. The molecule has 0 aliphatic carbocycles. The average molecular weight is 327 g/mol. The SMILES string of the molecule is CCC(c1ccccc1)[C@@H](CC)OC(=O)c1ccc([N+](=O)[O-])cc1. The van der Waals surface area contributed by atoms with E-state index in [4.69, 9.17) is 4.74 Å². The molecule has 0 heterocycles. The molecule has 0 bridgehead atoms. The lowest BCUT2D eigenvalue weighted by atomic mass is 9.89. The van der Waals surface area contributed by atoms with Gasteiger partial charge in [0.1, 0.15) is 6.10 Å². The summed E-state index contributed by atoms with van der Waals surface area (Å²) in [5.41, 5.74) is 1.42. The van der Waals surface area contributed by atoms with Crippen LogP contribution in [0.5, 0.6) is 0 Å². The van der Waals surface area contributed by atoms with Gasteiger partial charge in [0.2, 0.25) is 0 Å². The van der Waals surface area contributed by atoms with Crippen molar-refractivity contribution in [2.45, 2.75) is 38.7 Å². The number of nitro benzene ring substituents is 1. The Bertz CT molecular complexity index is 682. The lowest BCUT2D eigenvalue weighted by Crippen LogP contribution is -2.25. The molecule has 0 aliphatic heterocycles. The van der Waals surface area contributed by atoms with Gasteiger partial charge < -0.3 is 4.74 Å². The molecule has 0 aliphatic rings. The molecular formula is C19H21NO4. The van der Waals surface area contributed by atoms with Crippen molar-refractivity contribution in [3.8, 4) is 0 Å². The molecule has 0 radical (unpaired) electrons. The monoisotopic (exact) mass is 327 g/mol. The number of hydrogen-bond acceptors (Lipinski definition) is 4. The minimum absolute atomic E-state index is 0.0469. The second kappa shape index (κ2) is 8.24. The van der Waals surface area contributed by atoms with Crippen LogP contribution in [0.1, 0.15) is 48.5 Å². The van der Waals surface area contributed by atoms with Crippen LogP contribution >= 0.6 is 0 Å². The topological polar surface area (TPSA) is 69.4 Å². The second-order valence-electron chi connectivity index (χ2n) is 5.58. The van der Waals surface area contributed by atoms with Crippen LogP contribution in [-0.2, 0) is 4.74 Å². The normalized spacial score (nSPS) is 13.1. The van der Waals surface area contributed by atoms with E-state index >= 15 is 0 Å². The summed E-state index contributed by atoms with van der Waals surface area (Å²) in [5, 5.41) is 10.7. The average Bonchev–Trinajstić information content (AvgIpc) is 2.62. The van der Waals surface area contributed by atoms with Crippen molar-refractivity contribution in [1.82, 2.24) is 0 Å². The van der Waals surface area contributed by atoms with E-state index in [1.165, 1.54) is 24.3 Å². The Morgan fingerprint density at radius 2 is 1.67 bits per heavy atom. The minimum Gasteiger partial charge on any atom is -0.458 e. The van der Waals surface area contributed by atoms with Crippen LogP contribution in [0.25, 0.3) is 0 Å². The second-order valence-corrected chi connectivity index (χ2v) is 5.58. The van der Waals surface area contributed by atoms with Crippen LogP contribution in [0.15, 0.2) is 54.6 Å². The molecule has 2 atom stereocenters. The molecule has 0 aromatic heterocycles. The van der Waals surface area contributed by atoms with Crippen molar-refractivity contribution < 1.29 is 14.5 Å². The molecule has 5 nitrogen and oxygen atoms in total. The van der Waals surface area contributed by atoms with Crippen molar-refractivity contribution in [2.75, 3.05) is 0 Å². The van der Waals surface area contributed by atoms with Crippen molar-refractivity contribution in [3.63, 3.8) is 0 Å². The molecule has 5 heteroatoms. The molecule has 0 fully saturated rings. The molecule has 0 saturated carbocycles. The molecule has 24 heavy (non-hydrogen) atoms. The van der Waals surface area contributed by atoms with Gasteiger partial charge in [-0.25, -0.2) is 4.79 Å². The van der Waals surface area contributed by atoms with Crippen molar-refractivity contribution >= 4 is 11.7 Å². The van der Waals surface area contributed by atoms with Gasteiger partial charge in [0.15, 0.2) is 0 Å². The van der Waals surface area contributed by atoms with Crippen LogP contribution < -0.4 is 0 Å². The number of carbonyl (C=O) groups excluding carboxylic acids is 1. The molecule has 126 valence electrons. The largest absolute Gasteiger partial charge is 0.458 e. The number of ether oxygens (including phenoxy) is 1. The third-order valence-electron chi connectivity index (χ3n) is 4.09. The van der Waals surface area contributed by atoms with E-state index < -0.39 is 10.9 Å². The standard InChI is InChI=1S/C19H21NO4/c1-3-17(14-8-6-5-7-9-14)18(4-2)24-19(21)15-10-12-16(13-11-15)20(22)23/h5-13,17-18H,3-4H2,1-2H3/t17?,18-/m1/s1. The Hall–Kier alpha value is -2.69. The number of nitrogens with zero attached hydrogens (tertiary/aromatic N) is 1. The molecule has 2 aromatic rings. The van der Waals surface area contributed by atoms with Gasteiger partial charge in [-0.3, -0.25) is 10.1 Å². The van der Waals surface area contributed by atoms with Gasteiger partial charge >= 0.3 is 5.97 Å². The fraction of sp³-hybridized carbons (Fsp3) is 0.316. The molecule has 0 saturated heterocycles. The Balaban J connectivity index is 2.13. The van der Waals surface area contributed by atoms with Crippen LogP contribution in [0, 0.1) is 10.1 Å². The van der Waals surface area contributed by atoms with Crippen molar-refractivity contribution in [1.29, 1.82) is 0 Å². The number of esters is 1. The quantitative estimate of drug-likeness (QED) is 0.419. The first kappa shape index (κ1) is 17.7. The third kappa shape index (κ3) is 4.19. The highest BCUT2D eigenvalue weighted by atomic mass is 16.6. The van der Waals surface area contributed by atoms with E-state index in [9.17, 15) is 14.9 Å². The van der Waals surface area contributed by atoms with Gasteiger partial charge in [-0.1, -0.05) is 44.2 Å². The zero-order valence-electron chi connectivity index (χ0n) is 13.8. The van der Waals surface area contributed by atoms with Crippen molar-refractivity contribution in [3.05, 3.63) is 75.8 Å². The molecule has 0 amide bonds. The van der Waals surface area contributed by atoms with Gasteiger partial charge in [0, 0.05) is 18.1 Å². The minimum atomic E-state index is -0.494. The first-order valence-corrected chi connectivity index (χ1v) is 8.07. The summed E-state index contributed by atoms with van der Waals surface area (Å²) in [5.74, 6) is -0.329. The van der Waals surface area contributed by atoms with E-state index in [1.54, 1.807) is 0 Å². The van der Waals surface area contributed by atoms with E-state index in [2.05, 4.69) is 6.92 Å². The number of carbonyl (C=O) groups is 1. The third-order valence-corrected chi connectivity index (χ3v) is 4.09. The van der Waals surface area contributed by atoms with Gasteiger partial charge in [-0.15, -0.1) is 0 Å². The maximum atomic E-state index is 12.4. The van der Waals surface area contributed by atoms with Gasteiger partial charge in [0.25, 0.3) is 5.69 Å². The Kier molecular flexibility index (Phi) is 6.07. The smallest absolute Gasteiger partial charge is 0.338 e. The highest BCUT2D eigenvalue weighted by Crippen LogP contribution is 2.28. The lowest BCUT2D eigenvalue weighted by Gasteiger charge is -2.25. The van der Waals surface area contributed by atoms with Gasteiger partial charge in [-0.05, 0) is 30.5 Å². The summed E-state index contributed by atoms with van der Waals surface area (Å²) in [6, 6.07) is 15.5. The van der Waals surface area contributed by atoms with Crippen LogP contribution in [0.4, 0.5) is 5.69 Å². The molecule has 2 aromatic carbocycles. The Morgan fingerprint density at radius 1 is 1.04 bits per heavy atom. The first-order chi connectivity index (χ1) is 11.6. The molecular weight excluding hydrogens is 306 g/mol. The van der Waals surface area contributed by atoms with E-state index in [0.717, 1.165) is 12.0 Å². The van der Waals surface area contributed by atoms with Crippen LogP contribution in [0.2, 0.25) is 0 Å². The number of non-ortho nitro benzene ring substituents is 1. The van der Waals surface area contributed by atoms with E-state index in [1.807, 2.05) is 37.3 Å². The predicted molar refractivity (Wildman–Crippen MR) is 92.1 cm³/mol. The summed E-state index contributed by atoms with van der Waals surface area (Å²) in [6.45, 7) is 4.05. The lowest BCUT2D eigenvalue weighted by molar-refractivity contribution is -0.384. The molecule has 0 N–H and O–H groups in total. The molecule has 1 unspecified atom stereocenters. The summed E-state index contributed by atoms with van der Waals surface area (Å²) in [4.78, 5) is 22.5. The van der Waals surface area contributed by atoms with Gasteiger partial charge in [-0.2, -0.15) is 0 Å². The zero-order chi connectivity index (χ0) is 17.5. The summed E-state index contributed by atoms with van der Waals surface area (Å²) in [7, 11) is 0. The number of rotatable bonds is 7. The van der Waals surface area contributed by atoms with E-state index in [0.29, 0.717) is 12.0 Å².